The smallest absolute Gasteiger partial charge is 0.308 e. The van der Waals surface area contributed by atoms with Gasteiger partial charge in [-0.25, -0.2) is 0 Å². The highest BCUT2D eigenvalue weighted by molar-refractivity contribution is 6.83. The third-order valence-corrected chi connectivity index (χ3v) is 3.80. The minimum Gasteiger partial charge on any atom is -0.423 e. The molecule has 0 radical (unpaired) electrons. The van der Waals surface area contributed by atoms with E-state index in [1.54, 1.807) is 18.3 Å². The van der Waals surface area contributed by atoms with Gasteiger partial charge >= 0.3 is 5.97 Å². The van der Waals surface area contributed by atoms with Crippen LogP contribution in [0.3, 0.4) is 0 Å². The Kier molecular flexibility index (Phi) is 4.36. The largest absolute Gasteiger partial charge is 0.423 e. The van der Waals surface area contributed by atoms with Crippen molar-refractivity contribution in [3.63, 3.8) is 0 Å². The maximum atomic E-state index is 11.4. The third-order valence-electron chi connectivity index (χ3n) is 2.61. The van der Waals surface area contributed by atoms with Crippen LogP contribution in [0.25, 0.3) is 10.9 Å². The van der Waals surface area contributed by atoms with E-state index in [1.165, 1.54) is 6.92 Å². The first kappa shape index (κ1) is 15.6. The number of aromatic nitrogens is 1. The van der Waals surface area contributed by atoms with Gasteiger partial charge in [0.2, 0.25) is 0 Å². The zero-order chi connectivity index (χ0) is 15.6. The van der Waals surface area contributed by atoms with Crippen molar-refractivity contribution >= 4 is 36.5 Å². The molecule has 0 fully saturated rings. The number of esters is 1. The molecule has 0 spiro atoms. The van der Waals surface area contributed by atoms with Gasteiger partial charge in [0.15, 0.2) is 5.75 Å². The van der Waals surface area contributed by atoms with Gasteiger partial charge < -0.3 is 4.74 Å². The van der Waals surface area contributed by atoms with Gasteiger partial charge in [-0.1, -0.05) is 37.2 Å². The van der Waals surface area contributed by atoms with Crippen molar-refractivity contribution in [2.75, 3.05) is 0 Å². The lowest BCUT2D eigenvalue weighted by molar-refractivity contribution is -0.131. The number of hydrogen-bond acceptors (Lipinski definition) is 3. The van der Waals surface area contributed by atoms with Crippen LogP contribution in [-0.4, -0.2) is 19.0 Å². The molecule has 0 aliphatic heterocycles. The average molecular weight is 318 g/mol. The lowest BCUT2D eigenvalue weighted by atomic mass is 10.1. The molecule has 2 rings (SSSR count). The van der Waals surface area contributed by atoms with Gasteiger partial charge in [0, 0.05) is 18.5 Å². The summed E-state index contributed by atoms with van der Waals surface area (Å²) < 4.78 is 5.33. The number of ether oxygens (including phenoxy) is 1. The predicted octanol–water partition coefficient (Wildman–Crippen LogP) is 4.04. The molecule has 0 aliphatic rings. The standard InChI is InChI=1S/C16H16ClNO2Si/c1-11(19)20-16-12(7-9-21(2,3)4)10-14(17)13-6-5-8-18-15(13)16/h5-6,8,10H,1-4H3. The lowest BCUT2D eigenvalue weighted by Crippen LogP contribution is -2.16. The van der Waals surface area contributed by atoms with E-state index in [9.17, 15) is 4.79 Å². The van der Waals surface area contributed by atoms with Crippen LogP contribution in [0.4, 0.5) is 0 Å². The molecular weight excluding hydrogens is 302 g/mol. The van der Waals surface area contributed by atoms with E-state index < -0.39 is 14.0 Å². The number of halogens is 1. The highest BCUT2D eigenvalue weighted by Gasteiger charge is 2.15. The van der Waals surface area contributed by atoms with Gasteiger partial charge in [0.05, 0.1) is 10.6 Å². The highest BCUT2D eigenvalue weighted by atomic mass is 35.5. The van der Waals surface area contributed by atoms with Crippen LogP contribution >= 0.6 is 11.6 Å². The van der Waals surface area contributed by atoms with E-state index in [0.29, 0.717) is 21.9 Å². The molecule has 3 nitrogen and oxygen atoms in total. The molecule has 2 aromatic rings. The van der Waals surface area contributed by atoms with Crippen LogP contribution in [0.5, 0.6) is 5.75 Å². The van der Waals surface area contributed by atoms with Gasteiger partial charge in [0.1, 0.15) is 13.6 Å². The van der Waals surface area contributed by atoms with Crippen LogP contribution in [0.15, 0.2) is 24.4 Å². The summed E-state index contributed by atoms with van der Waals surface area (Å²) in [6.07, 6.45) is 1.64. The summed E-state index contributed by atoms with van der Waals surface area (Å²) in [5, 5.41) is 1.29. The molecule has 108 valence electrons. The number of rotatable bonds is 1. The fourth-order valence-electron chi connectivity index (χ4n) is 1.77. The van der Waals surface area contributed by atoms with Crippen molar-refractivity contribution in [1.29, 1.82) is 0 Å². The number of nitrogens with zero attached hydrogens (tertiary/aromatic N) is 1. The molecule has 5 heteroatoms. The Morgan fingerprint density at radius 2 is 2.10 bits per heavy atom. The van der Waals surface area contributed by atoms with Crippen molar-refractivity contribution in [2.24, 2.45) is 0 Å². The Labute approximate surface area is 130 Å². The van der Waals surface area contributed by atoms with Crippen LogP contribution in [0, 0.1) is 11.5 Å². The Balaban J connectivity index is 2.73. The molecule has 0 saturated carbocycles. The molecular formula is C16H16ClNO2Si. The van der Waals surface area contributed by atoms with Crippen molar-refractivity contribution in [3.8, 4) is 17.2 Å². The zero-order valence-electron chi connectivity index (χ0n) is 12.5. The molecule has 1 aromatic carbocycles. The van der Waals surface area contributed by atoms with E-state index in [2.05, 4.69) is 36.1 Å². The average Bonchev–Trinajstić information content (AvgIpc) is 2.39. The summed E-state index contributed by atoms with van der Waals surface area (Å²) >= 11 is 6.28. The summed E-state index contributed by atoms with van der Waals surface area (Å²) in [6, 6.07) is 5.36. The van der Waals surface area contributed by atoms with Gasteiger partial charge in [-0.15, -0.1) is 5.54 Å². The Bertz CT molecular complexity index is 769. The number of carbonyl (C=O) groups excluding carboxylic acids is 1. The summed E-state index contributed by atoms with van der Waals surface area (Å²) in [4.78, 5) is 15.7. The molecule has 21 heavy (non-hydrogen) atoms. The maximum Gasteiger partial charge on any atom is 0.308 e. The number of hydrogen-bond donors (Lipinski definition) is 0. The predicted molar refractivity (Wildman–Crippen MR) is 88.3 cm³/mol. The fraction of sp³-hybridized carbons (Fsp3) is 0.250. The van der Waals surface area contributed by atoms with Crippen molar-refractivity contribution in [1.82, 2.24) is 4.98 Å². The van der Waals surface area contributed by atoms with E-state index in [-0.39, 0.29) is 0 Å². The van der Waals surface area contributed by atoms with Crippen LogP contribution in [0.1, 0.15) is 12.5 Å². The second-order valence-corrected chi connectivity index (χ2v) is 10.9. The second kappa shape index (κ2) is 5.88. The minimum atomic E-state index is -1.55. The van der Waals surface area contributed by atoms with Gasteiger partial charge in [-0.2, -0.15) is 0 Å². The Hall–Kier alpha value is -1.83. The zero-order valence-corrected chi connectivity index (χ0v) is 14.2. The van der Waals surface area contributed by atoms with Gasteiger partial charge in [-0.3, -0.25) is 9.78 Å². The van der Waals surface area contributed by atoms with E-state index in [4.69, 9.17) is 16.3 Å². The monoisotopic (exact) mass is 317 g/mol. The molecule has 0 N–H and O–H groups in total. The van der Waals surface area contributed by atoms with E-state index in [0.717, 1.165) is 5.39 Å². The maximum absolute atomic E-state index is 11.4. The van der Waals surface area contributed by atoms with Crippen LogP contribution < -0.4 is 4.74 Å². The Morgan fingerprint density at radius 3 is 2.71 bits per heavy atom. The first-order valence-electron chi connectivity index (χ1n) is 6.57. The summed E-state index contributed by atoms with van der Waals surface area (Å²) in [5.74, 6) is 3.08. The first-order chi connectivity index (χ1) is 9.78. The van der Waals surface area contributed by atoms with Crippen LogP contribution in [-0.2, 0) is 4.79 Å². The Morgan fingerprint density at radius 1 is 1.38 bits per heavy atom. The molecule has 0 aliphatic carbocycles. The SMILES string of the molecule is CC(=O)Oc1c(C#C[Si](C)(C)C)cc(Cl)c2cccnc12. The van der Waals surface area contributed by atoms with Crippen molar-refractivity contribution in [3.05, 3.63) is 35.0 Å². The second-order valence-electron chi connectivity index (χ2n) is 5.73. The quantitative estimate of drug-likeness (QED) is 0.345. The summed E-state index contributed by atoms with van der Waals surface area (Å²) in [7, 11) is -1.55. The fourth-order valence-corrected chi connectivity index (χ4v) is 2.54. The lowest BCUT2D eigenvalue weighted by Gasteiger charge is -2.10. The van der Waals surface area contributed by atoms with Gasteiger partial charge in [0.25, 0.3) is 0 Å². The molecule has 0 atom stereocenters. The first-order valence-corrected chi connectivity index (χ1v) is 10.4. The molecule has 1 heterocycles. The summed E-state index contributed by atoms with van der Waals surface area (Å²) in [6.45, 7) is 7.80. The molecule has 0 unspecified atom stereocenters. The topological polar surface area (TPSA) is 39.2 Å². The highest BCUT2D eigenvalue weighted by Crippen LogP contribution is 2.33. The number of pyridine rings is 1. The molecule has 0 saturated heterocycles. The van der Waals surface area contributed by atoms with Crippen molar-refractivity contribution in [2.45, 2.75) is 26.6 Å². The third kappa shape index (κ3) is 3.84. The summed E-state index contributed by atoms with van der Waals surface area (Å²) in [5.41, 5.74) is 4.41. The van der Waals surface area contributed by atoms with E-state index >= 15 is 0 Å². The normalized spacial score (nSPS) is 10.9. The molecule has 0 amide bonds. The minimum absolute atomic E-state index is 0.383. The number of benzene rings is 1. The van der Waals surface area contributed by atoms with Crippen molar-refractivity contribution < 1.29 is 9.53 Å². The molecule has 0 bridgehead atoms. The van der Waals surface area contributed by atoms with Gasteiger partial charge in [-0.05, 0) is 18.2 Å². The van der Waals surface area contributed by atoms with E-state index in [1.807, 2.05) is 6.07 Å². The van der Waals surface area contributed by atoms with Crippen LogP contribution in [0.2, 0.25) is 24.7 Å². The number of fused-ring (bicyclic) bond motifs is 1. The molecule has 1 aromatic heterocycles. The number of carbonyl (C=O) groups is 1.